The molecule has 0 saturated heterocycles. The first kappa shape index (κ1) is 15.4. The van der Waals surface area contributed by atoms with Crippen molar-refractivity contribution in [1.82, 2.24) is 4.90 Å². The highest BCUT2D eigenvalue weighted by Crippen LogP contribution is 2.38. The van der Waals surface area contributed by atoms with Crippen LogP contribution in [0.2, 0.25) is 5.02 Å². The minimum absolute atomic E-state index is 0.0993. The van der Waals surface area contributed by atoms with Crippen LogP contribution in [-0.2, 0) is 4.79 Å². The average molecular weight is 314 g/mol. The van der Waals surface area contributed by atoms with Gasteiger partial charge in [-0.05, 0) is 19.1 Å². The first-order valence-electron chi connectivity index (χ1n) is 6.63. The molecule has 0 aliphatic carbocycles. The smallest absolute Gasteiger partial charge is 0.305 e. The number of ether oxygens (including phenoxy) is 2. The number of carbonyl (C=O) groups is 2. The number of fused-ring (bicyclic) bond motifs is 1. The molecule has 1 aromatic carbocycles. The normalized spacial score (nSPS) is 12.9. The number of amides is 1. The van der Waals surface area contributed by atoms with Crippen LogP contribution < -0.4 is 9.47 Å². The van der Waals surface area contributed by atoms with Crippen LogP contribution in [0.3, 0.4) is 0 Å². The number of rotatable bonds is 5. The van der Waals surface area contributed by atoms with Gasteiger partial charge in [0.1, 0.15) is 13.2 Å². The van der Waals surface area contributed by atoms with Crippen LogP contribution in [0.5, 0.6) is 11.5 Å². The van der Waals surface area contributed by atoms with Crippen molar-refractivity contribution in [2.45, 2.75) is 13.3 Å². The highest BCUT2D eigenvalue weighted by Gasteiger charge is 2.22. The Morgan fingerprint density at radius 2 is 2.05 bits per heavy atom. The molecule has 114 valence electrons. The molecule has 0 unspecified atom stereocenters. The molecule has 0 radical (unpaired) electrons. The zero-order valence-electron chi connectivity index (χ0n) is 11.6. The SMILES string of the molecule is CCN(CCC(=O)O)C(=O)c1cc(Cl)c2c(c1)OCCO2. The second-order valence-corrected chi connectivity index (χ2v) is 4.92. The standard InChI is InChI=1S/C14H16ClNO5/c1-2-16(4-3-12(17)18)14(19)9-7-10(15)13-11(8-9)20-5-6-21-13/h7-8H,2-6H2,1H3,(H,17,18). The van der Waals surface area contributed by atoms with Crippen LogP contribution in [0.25, 0.3) is 0 Å². The Balaban J connectivity index is 2.21. The molecule has 7 heteroatoms. The van der Waals surface area contributed by atoms with Crippen molar-refractivity contribution in [2.24, 2.45) is 0 Å². The molecule has 1 N–H and O–H groups in total. The second kappa shape index (κ2) is 6.67. The Morgan fingerprint density at radius 1 is 1.33 bits per heavy atom. The van der Waals surface area contributed by atoms with Crippen LogP contribution in [0, 0.1) is 0 Å². The molecular formula is C14H16ClNO5. The number of carbonyl (C=O) groups excluding carboxylic acids is 1. The summed E-state index contributed by atoms with van der Waals surface area (Å²) in [5, 5.41) is 9.03. The second-order valence-electron chi connectivity index (χ2n) is 4.51. The molecule has 0 atom stereocenters. The molecular weight excluding hydrogens is 298 g/mol. The van der Waals surface area contributed by atoms with Gasteiger partial charge in [0.15, 0.2) is 11.5 Å². The summed E-state index contributed by atoms with van der Waals surface area (Å²) in [6.07, 6.45) is -0.0993. The summed E-state index contributed by atoms with van der Waals surface area (Å²) < 4.78 is 10.8. The maximum absolute atomic E-state index is 12.4. The maximum Gasteiger partial charge on any atom is 0.305 e. The fourth-order valence-electron chi connectivity index (χ4n) is 2.05. The van der Waals surface area contributed by atoms with Gasteiger partial charge in [-0.25, -0.2) is 0 Å². The van der Waals surface area contributed by atoms with Gasteiger partial charge in [0.2, 0.25) is 0 Å². The molecule has 21 heavy (non-hydrogen) atoms. The van der Waals surface area contributed by atoms with Gasteiger partial charge < -0.3 is 19.5 Å². The van der Waals surface area contributed by atoms with Gasteiger partial charge in [0.25, 0.3) is 5.91 Å². The van der Waals surface area contributed by atoms with Gasteiger partial charge in [0.05, 0.1) is 11.4 Å². The summed E-state index contributed by atoms with van der Waals surface area (Å²) in [7, 11) is 0. The lowest BCUT2D eigenvalue weighted by Crippen LogP contribution is -2.33. The predicted molar refractivity (Wildman–Crippen MR) is 76.3 cm³/mol. The monoisotopic (exact) mass is 313 g/mol. The van der Waals surface area contributed by atoms with E-state index in [2.05, 4.69) is 0 Å². The molecule has 0 bridgehead atoms. The van der Waals surface area contributed by atoms with E-state index in [0.717, 1.165) is 0 Å². The molecule has 2 rings (SSSR count). The first-order valence-corrected chi connectivity index (χ1v) is 7.01. The third-order valence-corrected chi connectivity index (χ3v) is 3.39. The van der Waals surface area contributed by atoms with Gasteiger partial charge in [-0.1, -0.05) is 11.6 Å². The number of hydrogen-bond donors (Lipinski definition) is 1. The van der Waals surface area contributed by atoms with Gasteiger partial charge in [-0.3, -0.25) is 9.59 Å². The molecule has 1 aliphatic rings. The number of carboxylic acid groups (broad SMARTS) is 1. The van der Waals surface area contributed by atoms with Gasteiger partial charge in [0, 0.05) is 18.7 Å². The van der Waals surface area contributed by atoms with Crippen molar-refractivity contribution in [2.75, 3.05) is 26.3 Å². The van der Waals surface area contributed by atoms with Crippen molar-refractivity contribution in [1.29, 1.82) is 0 Å². The fraction of sp³-hybridized carbons (Fsp3) is 0.429. The molecule has 1 aromatic rings. The summed E-state index contributed by atoms with van der Waals surface area (Å²) in [5.74, 6) is -0.349. The van der Waals surface area contributed by atoms with Gasteiger partial charge in [-0.2, -0.15) is 0 Å². The van der Waals surface area contributed by atoms with E-state index >= 15 is 0 Å². The van der Waals surface area contributed by atoms with E-state index in [0.29, 0.717) is 41.8 Å². The minimum atomic E-state index is -0.943. The van der Waals surface area contributed by atoms with Crippen LogP contribution in [0.1, 0.15) is 23.7 Å². The molecule has 1 amide bonds. The van der Waals surface area contributed by atoms with E-state index in [-0.39, 0.29) is 18.9 Å². The summed E-state index contributed by atoms with van der Waals surface area (Å²) in [5.41, 5.74) is 0.358. The van der Waals surface area contributed by atoms with Crippen molar-refractivity contribution >= 4 is 23.5 Å². The van der Waals surface area contributed by atoms with Crippen LogP contribution >= 0.6 is 11.6 Å². The quantitative estimate of drug-likeness (QED) is 0.900. The molecule has 0 aromatic heterocycles. The van der Waals surface area contributed by atoms with Crippen molar-refractivity contribution in [3.8, 4) is 11.5 Å². The highest BCUT2D eigenvalue weighted by molar-refractivity contribution is 6.32. The Kier molecular flexibility index (Phi) is 4.90. The Bertz CT molecular complexity index is 561. The Hall–Kier alpha value is -1.95. The summed E-state index contributed by atoms with van der Waals surface area (Å²) in [6.45, 7) is 3.17. The third-order valence-electron chi connectivity index (χ3n) is 3.11. The lowest BCUT2D eigenvalue weighted by atomic mass is 10.1. The van der Waals surface area contributed by atoms with Gasteiger partial charge >= 0.3 is 5.97 Å². The van der Waals surface area contributed by atoms with E-state index in [1.54, 1.807) is 13.0 Å². The topological polar surface area (TPSA) is 76.1 Å². The predicted octanol–water partition coefficient (Wildman–Crippen LogP) is 2.05. The van der Waals surface area contributed by atoms with Crippen LogP contribution in [-0.4, -0.2) is 48.2 Å². The molecule has 6 nitrogen and oxygen atoms in total. The molecule has 0 spiro atoms. The third kappa shape index (κ3) is 3.58. The lowest BCUT2D eigenvalue weighted by Gasteiger charge is -2.23. The number of hydrogen-bond acceptors (Lipinski definition) is 4. The van der Waals surface area contributed by atoms with Gasteiger partial charge in [-0.15, -0.1) is 0 Å². The largest absolute Gasteiger partial charge is 0.486 e. The summed E-state index contributed by atoms with van der Waals surface area (Å²) >= 11 is 6.10. The summed E-state index contributed by atoms with van der Waals surface area (Å²) in [6, 6.07) is 3.09. The number of halogens is 1. The number of benzene rings is 1. The molecule has 1 aliphatic heterocycles. The number of carboxylic acids is 1. The summed E-state index contributed by atoms with van der Waals surface area (Å²) in [4.78, 5) is 24.5. The van der Waals surface area contributed by atoms with Crippen molar-refractivity contribution < 1.29 is 24.2 Å². The van der Waals surface area contributed by atoms with Crippen LogP contribution in [0.4, 0.5) is 0 Å². The maximum atomic E-state index is 12.4. The van der Waals surface area contributed by atoms with Crippen molar-refractivity contribution in [3.05, 3.63) is 22.7 Å². The average Bonchev–Trinajstić information content (AvgIpc) is 2.47. The van der Waals surface area contributed by atoms with Crippen molar-refractivity contribution in [3.63, 3.8) is 0 Å². The molecule has 0 saturated carbocycles. The fourth-order valence-corrected chi connectivity index (χ4v) is 2.32. The lowest BCUT2D eigenvalue weighted by molar-refractivity contribution is -0.137. The van der Waals surface area contributed by atoms with E-state index in [4.69, 9.17) is 26.2 Å². The zero-order valence-corrected chi connectivity index (χ0v) is 12.4. The molecule has 1 heterocycles. The Morgan fingerprint density at radius 3 is 2.71 bits per heavy atom. The Labute approximate surface area is 127 Å². The first-order chi connectivity index (χ1) is 10.0. The number of aliphatic carboxylic acids is 1. The highest BCUT2D eigenvalue weighted by atomic mass is 35.5. The minimum Gasteiger partial charge on any atom is -0.486 e. The zero-order chi connectivity index (χ0) is 15.4. The van der Waals surface area contributed by atoms with Crippen LogP contribution in [0.15, 0.2) is 12.1 Å². The van der Waals surface area contributed by atoms with E-state index in [9.17, 15) is 9.59 Å². The van der Waals surface area contributed by atoms with E-state index in [1.807, 2.05) is 0 Å². The number of nitrogens with zero attached hydrogens (tertiary/aromatic N) is 1. The molecule has 0 fully saturated rings. The van der Waals surface area contributed by atoms with E-state index in [1.165, 1.54) is 11.0 Å². The van der Waals surface area contributed by atoms with E-state index < -0.39 is 5.97 Å².